The van der Waals surface area contributed by atoms with Gasteiger partial charge < -0.3 is 9.47 Å². The summed E-state index contributed by atoms with van der Waals surface area (Å²) in [6, 6.07) is 17.8. The fraction of sp³-hybridized carbons (Fsp3) is 0.467. The first-order valence-corrected chi connectivity index (χ1v) is 12.4. The molecular weight excluding hydrogens is 424 g/mol. The smallest absolute Gasteiger partial charge is 0.338 e. The molecule has 0 bridgehead atoms. The third kappa shape index (κ3) is 11.8. The summed E-state index contributed by atoms with van der Waals surface area (Å²) in [7, 11) is 0. The maximum absolute atomic E-state index is 12.2. The molecule has 4 atom stereocenters. The number of carbonyl (C=O) groups excluding carboxylic acids is 2. The number of carbonyl (C=O) groups is 2. The molecule has 0 aliphatic heterocycles. The largest absolute Gasteiger partial charge is 0.459 e. The number of benzene rings is 2. The third-order valence-electron chi connectivity index (χ3n) is 5.68. The Kier molecular flexibility index (Phi) is 14.3. The normalized spacial score (nSPS) is 13.9. The van der Waals surface area contributed by atoms with Crippen molar-refractivity contribution in [1.82, 2.24) is 0 Å². The lowest BCUT2D eigenvalue weighted by Gasteiger charge is -2.21. The molecule has 0 N–H and O–H groups in total. The highest BCUT2D eigenvalue weighted by molar-refractivity contribution is 5.90. The summed E-state index contributed by atoms with van der Waals surface area (Å²) in [5.41, 5.74) is 1.04. The van der Waals surface area contributed by atoms with E-state index in [1.54, 1.807) is 48.5 Å². The minimum absolute atomic E-state index is 0.281. The van der Waals surface area contributed by atoms with Crippen LogP contribution >= 0.6 is 0 Å². The number of esters is 2. The van der Waals surface area contributed by atoms with E-state index in [0.717, 1.165) is 18.8 Å². The minimum Gasteiger partial charge on any atom is -0.459 e. The standard InChI is InChI=1S/C21H24O4.C9H18/c1-3-10-19(25-21(23)18-13-8-5-9-14-18)15-16(2)24-20(22)17-11-6-4-7-12-17;1-5-8(3)7-9(4)6-2/h4-9,11-14,16,19H,3,10,15H2,1-2H3;5,8-9H,1,6-7H2,2-4H3. The zero-order chi connectivity index (χ0) is 25.3. The SMILES string of the molecule is C=CC(C)CC(C)CC.CCCC(CC(C)OC(=O)c1ccccc1)OC(=O)c1ccccc1. The molecular formula is C30H42O4. The predicted molar refractivity (Wildman–Crippen MR) is 140 cm³/mol. The summed E-state index contributed by atoms with van der Waals surface area (Å²) in [5.74, 6) is 0.844. The van der Waals surface area contributed by atoms with Crippen molar-refractivity contribution in [3.63, 3.8) is 0 Å². The molecule has 0 aliphatic rings. The van der Waals surface area contributed by atoms with Gasteiger partial charge in [0.1, 0.15) is 12.2 Å². The summed E-state index contributed by atoms with van der Waals surface area (Å²) in [5, 5.41) is 0. The summed E-state index contributed by atoms with van der Waals surface area (Å²) >= 11 is 0. The van der Waals surface area contributed by atoms with Gasteiger partial charge in [0.25, 0.3) is 0 Å². The zero-order valence-corrected chi connectivity index (χ0v) is 21.5. The molecule has 2 aromatic carbocycles. The van der Waals surface area contributed by atoms with Crippen molar-refractivity contribution in [2.75, 3.05) is 0 Å². The second-order valence-corrected chi connectivity index (χ2v) is 8.96. The van der Waals surface area contributed by atoms with Gasteiger partial charge in [0.05, 0.1) is 11.1 Å². The number of ether oxygens (including phenoxy) is 2. The number of rotatable bonds is 12. The Morgan fingerprint density at radius 3 is 1.76 bits per heavy atom. The summed E-state index contributed by atoms with van der Waals surface area (Å²) in [4.78, 5) is 24.3. The molecule has 186 valence electrons. The second-order valence-electron chi connectivity index (χ2n) is 8.96. The van der Waals surface area contributed by atoms with Gasteiger partial charge in [-0.05, 0) is 55.9 Å². The lowest BCUT2D eigenvalue weighted by atomic mass is 9.96. The third-order valence-corrected chi connectivity index (χ3v) is 5.68. The lowest BCUT2D eigenvalue weighted by Crippen LogP contribution is -2.25. The molecule has 0 saturated heterocycles. The van der Waals surface area contributed by atoms with Crippen molar-refractivity contribution in [3.8, 4) is 0 Å². The first kappa shape index (κ1) is 29.2. The van der Waals surface area contributed by atoms with E-state index < -0.39 is 0 Å². The van der Waals surface area contributed by atoms with Crippen LogP contribution in [-0.2, 0) is 9.47 Å². The maximum Gasteiger partial charge on any atom is 0.338 e. The second kappa shape index (κ2) is 16.7. The van der Waals surface area contributed by atoms with Gasteiger partial charge >= 0.3 is 11.9 Å². The Labute approximate surface area is 206 Å². The van der Waals surface area contributed by atoms with Gasteiger partial charge in [-0.3, -0.25) is 0 Å². The molecule has 0 aromatic heterocycles. The molecule has 4 nitrogen and oxygen atoms in total. The topological polar surface area (TPSA) is 52.6 Å². The highest BCUT2D eigenvalue weighted by Crippen LogP contribution is 2.16. The van der Waals surface area contributed by atoms with Crippen molar-refractivity contribution in [2.24, 2.45) is 11.8 Å². The predicted octanol–water partition coefficient (Wildman–Crippen LogP) is 7.89. The zero-order valence-electron chi connectivity index (χ0n) is 21.5. The van der Waals surface area contributed by atoms with Gasteiger partial charge in [0.15, 0.2) is 0 Å². The first-order chi connectivity index (χ1) is 16.3. The fourth-order valence-corrected chi connectivity index (χ4v) is 3.48. The summed E-state index contributed by atoms with van der Waals surface area (Å²) in [6.07, 6.45) is 6.08. The van der Waals surface area contributed by atoms with Gasteiger partial charge in [-0.25, -0.2) is 9.59 Å². The van der Waals surface area contributed by atoms with E-state index in [1.807, 2.05) is 32.1 Å². The highest BCUT2D eigenvalue weighted by atomic mass is 16.6. The van der Waals surface area contributed by atoms with Gasteiger partial charge in [-0.15, -0.1) is 6.58 Å². The molecule has 2 rings (SSSR count). The average Bonchev–Trinajstić information content (AvgIpc) is 2.85. The van der Waals surface area contributed by atoms with E-state index in [1.165, 1.54) is 12.8 Å². The van der Waals surface area contributed by atoms with E-state index in [9.17, 15) is 9.59 Å². The molecule has 0 saturated carbocycles. The Balaban J connectivity index is 0.000000546. The maximum atomic E-state index is 12.2. The van der Waals surface area contributed by atoms with Crippen LogP contribution in [0.5, 0.6) is 0 Å². The highest BCUT2D eigenvalue weighted by Gasteiger charge is 2.21. The Hall–Kier alpha value is -2.88. The van der Waals surface area contributed by atoms with E-state index in [0.29, 0.717) is 23.5 Å². The molecule has 34 heavy (non-hydrogen) atoms. The van der Waals surface area contributed by atoms with Gasteiger partial charge in [0, 0.05) is 6.42 Å². The van der Waals surface area contributed by atoms with Crippen molar-refractivity contribution in [1.29, 1.82) is 0 Å². The Bertz CT molecular complexity index is 831. The van der Waals surface area contributed by atoms with Crippen molar-refractivity contribution < 1.29 is 19.1 Å². The molecule has 0 fully saturated rings. The molecule has 4 unspecified atom stereocenters. The quantitative estimate of drug-likeness (QED) is 0.236. The van der Waals surface area contributed by atoms with E-state index in [-0.39, 0.29) is 24.1 Å². The Morgan fingerprint density at radius 1 is 0.824 bits per heavy atom. The van der Waals surface area contributed by atoms with E-state index in [4.69, 9.17) is 9.47 Å². The first-order valence-electron chi connectivity index (χ1n) is 12.4. The molecule has 0 amide bonds. The van der Waals surface area contributed by atoms with E-state index >= 15 is 0 Å². The summed E-state index contributed by atoms with van der Waals surface area (Å²) < 4.78 is 11.1. The average molecular weight is 467 g/mol. The fourth-order valence-electron chi connectivity index (χ4n) is 3.48. The Morgan fingerprint density at radius 2 is 1.32 bits per heavy atom. The van der Waals surface area contributed by atoms with E-state index in [2.05, 4.69) is 27.4 Å². The van der Waals surface area contributed by atoms with Crippen LogP contribution in [0, 0.1) is 11.8 Å². The molecule has 0 radical (unpaired) electrons. The number of hydrogen-bond donors (Lipinski definition) is 0. The van der Waals surface area contributed by atoms with Crippen LogP contribution in [0.4, 0.5) is 0 Å². The lowest BCUT2D eigenvalue weighted by molar-refractivity contribution is 0.00162. The molecule has 4 heteroatoms. The number of allylic oxidation sites excluding steroid dienone is 1. The monoisotopic (exact) mass is 466 g/mol. The van der Waals surface area contributed by atoms with Crippen LogP contribution in [0.1, 0.15) is 87.4 Å². The van der Waals surface area contributed by atoms with Crippen LogP contribution in [-0.4, -0.2) is 24.1 Å². The van der Waals surface area contributed by atoms with Crippen LogP contribution in [0.3, 0.4) is 0 Å². The van der Waals surface area contributed by atoms with Crippen molar-refractivity contribution in [2.45, 2.75) is 78.9 Å². The van der Waals surface area contributed by atoms with Crippen LogP contribution in [0.2, 0.25) is 0 Å². The van der Waals surface area contributed by atoms with Crippen LogP contribution in [0.15, 0.2) is 73.3 Å². The minimum atomic E-state index is -0.363. The van der Waals surface area contributed by atoms with Gasteiger partial charge in [-0.1, -0.05) is 83.0 Å². The van der Waals surface area contributed by atoms with Crippen molar-refractivity contribution in [3.05, 3.63) is 84.4 Å². The van der Waals surface area contributed by atoms with Crippen LogP contribution < -0.4 is 0 Å². The van der Waals surface area contributed by atoms with Crippen LogP contribution in [0.25, 0.3) is 0 Å². The van der Waals surface area contributed by atoms with Gasteiger partial charge in [-0.2, -0.15) is 0 Å². The number of hydrogen-bond acceptors (Lipinski definition) is 4. The molecule has 2 aromatic rings. The summed E-state index contributed by atoms with van der Waals surface area (Å²) in [6.45, 7) is 14.3. The molecule has 0 aliphatic carbocycles. The molecule has 0 heterocycles. The van der Waals surface area contributed by atoms with Gasteiger partial charge in [0.2, 0.25) is 0 Å². The molecule has 0 spiro atoms. The van der Waals surface area contributed by atoms with Crippen molar-refractivity contribution >= 4 is 11.9 Å².